The van der Waals surface area contributed by atoms with Gasteiger partial charge in [0.15, 0.2) is 5.82 Å². The van der Waals surface area contributed by atoms with Crippen LogP contribution >= 0.6 is 11.6 Å². The molecule has 106 heavy (non-hydrogen) atoms. The van der Waals surface area contributed by atoms with Crippen molar-refractivity contribution in [3.8, 4) is 11.8 Å². The molecular weight excluding hydrogens is 1390 g/mol. The quantitative estimate of drug-likeness (QED) is 0.0183. The number of carbonyl (C=O) groups excluding carboxylic acids is 13. The number of hydrogen-bond acceptors (Lipinski definition) is 19. The van der Waals surface area contributed by atoms with Gasteiger partial charge in [-0.2, -0.15) is 4.98 Å². The van der Waals surface area contributed by atoms with E-state index in [0.717, 1.165) is 16.3 Å². The Morgan fingerprint density at radius 2 is 1.47 bits per heavy atom. The largest absolute Gasteiger partial charge is 0.445 e. The number of unbranched alkanes of at least 4 members (excludes halogenated alkanes) is 2. The smallest absolute Gasteiger partial charge is 0.410 e. The highest BCUT2D eigenvalue weighted by atomic mass is 35.5. The van der Waals surface area contributed by atoms with Crippen molar-refractivity contribution >= 4 is 123 Å². The number of benzene rings is 4. The van der Waals surface area contributed by atoms with E-state index in [0.29, 0.717) is 110 Å². The van der Waals surface area contributed by atoms with E-state index in [1.165, 1.54) is 49.2 Å². The molecule has 32 heteroatoms. The molecule has 11 N–H and O–H groups in total. The Bertz CT molecular complexity index is 4260. The first-order valence-corrected chi connectivity index (χ1v) is 35.4. The maximum atomic E-state index is 14.3. The molecule has 3 fully saturated rings. The lowest BCUT2D eigenvalue weighted by Crippen LogP contribution is -2.55. The summed E-state index contributed by atoms with van der Waals surface area (Å²) in [5.74, 6) is 1.04. The van der Waals surface area contributed by atoms with Gasteiger partial charge in [0.25, 0.3) is 23.6 Å². The Kier molecular flexibility index (Phi) is 26.0. The van der Waals surface area contributed by atoms with Crippen LogP contribution in [0.25, 0.3) is 0 Å². The molecule has 1 aliphatic carbocycles. The molecule has 1 saturated carbocycles. The zero-order valence-corrected chi connectivity index (χ0v) is 59.6. The van der Waals surface area contributed by atoms with Crippen molar-refractivity contribution in [3.63, 3.8) is 0 Å². The second-order valence-corrected chi connectivity index (χ2v) is 26.6. The first-order chi connectivity index (χ1) is 51.0. The van der Waals surface area contributed by atoms with Crippen LogP contribution in [0, 0.1) is 11.8 Å². The van der Waals surface area contributed by atoms with E-state index in [4.69, 9.17) is 22.1 Å². The summed E-state index contributed by atoms with van der Waals surface area (Å²) in [5.41, 5.74) is 10.7. The molecule has 0 spiro atoms. The third-order valence-electron chi connectivity index (χ3n) is 18.7. The summed E-state index contributed by atoms with van der Waals surface area (Å²) >= 11 is 6.46. The summed E-state index contributed by atoms with van der Waals surface area (Å²) < 4.78 is 5.94. The van der Waals surface area contributed by atoms with Crippen LogP contribution in [-0.4, -0.2) is 189 Å². The number of halogens is 1. The molecule has 31 nitrogen and oxygen atoms in total. The number of primary amides is 1. The molecular formula is C74H84ClN17O14. The van der Waals surface area contributed by atoms with Gasteiger partial charge in [0.2, 0.25) is 47.3 Å². The van der Waals surface area contributed by atoms with E-state index in [1.54, 1.807) is 71.4 Å². The summed E-state index contributed by atoms with van der Waals surface area (Å²) in [4.78, 5) is 184. The Labute approximate surface area is 616 Å². The molecule has 4 atom stereocenters. The molecule has 4 aliphatic heterocycles. The van der Waals surface area contributed by atoms with Crippen LogP contribution < -0.4 is 58.5 Å². The fraction of sp³-hybridized carbons (Fsp3) is 0.392. The number of carbonyl (C=O) groups is 13. The molecule has 0 bridgehead atoms. The molecule has 4 aromatic carbocycles. The van der Waals surface area contributed by atoms with E-state index in [-0.39, 0.29) is 116 Å². The van der Waals surface area contributed by atoms with Crippen LogP contribution in [0.15, 0.2) is 109 Å². The van der Waals surface area contributed by atoms with E-state index in [9.17, 15) is 62.3 Å². The van der Waals surface area contributed by atoms with Crippen LogP contribution in [0.3, 0.4) is 0 Å². The van der Waals surface area contributed by atoms with Crippen LogP contribution in [0.5, 0.6) is 0 Å². The van der Waals surface area contributed by atoms with E-state index < -0.39 is 72.1 Å². The molecule has 14 amide bonds. The first-order valence-electron chi connectivity index (χ1n) is 35.1. The van der Waals surface area contributed by atoms with Crippen LogP contribution in [0.2, 0.25) is 5.02 Å². The lowest BCUT2D eigenvalue weighted by Gasteiger charge is -2.39. The van der Waals surface area contributed by atoms with Gasteiger partial charge < -0.3 is 72.6 Å². The molecule has 0 radical (unpaired) electrons. The second-order valence-electron chi connectivity index (χ2n) is 26.2. The van der Waals surface area contributed by atoms with Crippen molar-refractivity contribution < 1.29 is 67.1 Å². The third kappa shape index (κ3) is 20.5. The summed E-state index contributed by atoms with van der Waals surface area (Å²) in [6.07, 6.45) is 7.05. The predicted molar refractivity (Wildman–Crippen MR) is 389 cm³/mol. The number of nitrogens with two attached hydrogens (primary N) is 1. The number of ether oxygens (including phenoxy) is 1. The Morgan fingerprint density at radius 1 is 0.774 bits per heavy atom. The van der Waals surface area contributed by atoms with Gasteiger partial charge in [-0.15, -0.1) is 0 Å². The maximum Gasteiger partial charge on any atom is 0.410 e. The first kappa shape index (κ1) is 76.7. The third-order valence-corrected chi connectivity index (χ3v) is 19.0. The molecule has 10 rings (SSSR count). The molecule has 5 aliphatic rings. The highest BCUT2D eigenvalue weighted by Crippen LogP contribution is 2.31. The van der Waals surface area contributed by atoms with E-state index >= 15 is 0 Å². The number of imide groups is 2. The lowest BCUT2D eigenvalue weighted by atomic mass is 9.90. The zero-order valence-electron chi connectivity index (χ0n) is 58.8. The predicted octanol–water partition coefficient (Wildman–Crippen LogP) is 4.75. The van der Waals surface area contributed by atoms with E-state index in [2.05, 4.69) is 74.6 Å². The van der Waals surface area contributed by atoms with Crippen molar-refractivity contribution in [2.45, 2.75) is 140 Å². The standard InChI is InChI=1S/C74H84ClN17O14/c1-44(79-61(94)14-5-4-9-34-91-63(96)31-32-64(91)97)66(98)80-45(2)67(99)85-58(40-60(76)93)69(101)81-49-18-15-47(16-19-49)43-106-74(105)90(33-10-8-11-46-17-28-54-48(39-46)42-92(71(54)103)59-29-30-62(95)86-70(59)102)53-26-22-51(23-27-53)83-73(104)89-37-35-88(36-38-89)52-24-20-50(21-25-52)82-72-78-41-56(75)65(87-72)84-57-13-7-6-12-55(57)68(100)77-3/h6-7,12-13,15-21,24-25,28,31-32,39,41,44-45,51,53,58-59H,4-5,9-10,14,22-23,26-27,29-30,33-38,40,42-43H2,1-3H3,(H2,76,93)(H,77,100)(H,79,94)(H,80,98)(H,81,101)(H,83,104)(H,85,99)(H,86,95,102)(H2,78,82,84,87)/t44-,45-,51?,53?,58-,59?/m0/s1. The summed E-state index contributed by atoms with van der Waals surface area (Å²) in [5, 5.41) is 24.9. The topological polar surface area (TPSA) is 407 Å². The monoisotopic (exact) mass is 1470 g/mol. The summed E-state index contributed by atoms with van der Waals surface area (Å²) in [6.45, 7) is 5.35. The number of amides is 14. The second kappa shape index (κ2) is 36.0. The minimum Gasteiger partial charge on any atom is -0.445 e. The SMILES string of the molecule is CNC(=O)c1ccccc1Nc1nc(Nc2ccc(N3CCN(C(=O)NC4CCC(N(CCC#Cc5ccc6c(c5)CN(C5CCC(=O)NC5=O)C6=O)C(=O)OCc5ccc(NC(=O)[C@H](CC(N)=O)NC(=O)[C@H](C)NC(=O)[C@H](C)NC(=O)CCCCCN6C(=O)C=CC6=O)cc5)CC4)CC3)cc2)ncc1Cl. The molecule has 556 valence electrons. The van der Waals surface area contributed by atoms with Gasteiger partial charge in [0.1, 0.15) is 35.8 Å². The average molecular weight is 1470 g/mol. The van der Waals surface area contributed by atoms with Gasteiger partial charge in [-0.1, -0.05) is 54.1 Å². The number of nitrogens with zero attached hydrogens (tertiary/aromatic N) is 7. The molecule has 5 heterocycles. The number of nitrogens with one attached hydrogen (secondary N) is 9. The number of anilines is 6. The van der Waals surface area contributed by atoms with Gasteiger partial charge in [0, 0.05) is 125 Å². The van der Waals surface area contributed by atoms with Crippen LogP contribution in [0.1, 0.15) is 128 Å². The lowest BCUT2D eigenvalue weighted by molar-refractivity contribution is -0.138. The van der Waals surface area contributed by atoms with Gasteiger partial charge in [-0.3, -0.25) is 63.0 Å². The van der Waals surface area contributed by atoms with Crippen molar-refractivity contribution in [1.82, 2.24) is 61.5 Å². The van der Waals surface area contributed by atoms with Crippen molar-refractivity contribution in [2.75, 3.05) is 67.2 Å². The number of piperazine rings is 1. The Balaban J connectivity index is 0.699. The molecule has 1 unspecified atom stereocenters. The Hall–Kier alpha value is -11.9. The summed E-state index contributed by atoms with van der Waals surface area (Å²) in [7, 11) is 1.55. The van der Waals surface area contributed by atoms with Gasteiger partial charge in [0.05, 0.1) is 23.9 Å². The van der Waals surface area contributed by atoms with E-state index in [1.807, 2.05) is 24.3 Å². The zero-order chi connectivity index (χ0) is 75.6. The highest BCUT2D eigenvalue weighted by molar-refractivity contribution is 6.33. The van der Waals surface area contributed by atoms with Crippen molar-refractivity contribution in [2.24, 2.45) is 5.73 Å². The molecule has 5 aromatic rings. The minimum absolute atomic E-state index is 0.0697. The van der Waals surface area contributed by atoms with Gasteiger partial charge in [-0.05, 0) is 137 Å². The summed E-state index contributed by atoms with van der Waals surface area (Å²) in [6, 6.07) is 21.1. The molecule has 2 saturated heterocycles. The fourth-order valence-corrected chi connectivity index (χ4v) is 13.0. The number of para-hydroxylation sites is 1. The number of aromatic nitrogens is 2. The minimum atomic E-state index is -1.46. The van der Waals surface area contributed by atoms with Gasteiger partial charge in [-0.25, -0.2) is 14.6 Å². The fourth-order valence-electron chi connectivity index (χ4n) is 12.8. The number of rotatable bonds is 28. The number of urea groups is 1. The van der Waals surface area contributed by atoms with Gasteiger partial charge >= 0.3 is 12.1 Å². The molecule has 1 aromatic heterocycles. The normalized spacial score (nSPS) is 17.7. The number of piperidine rings is 1. The number of hydrogen-bond donors (Lipinski definition) is 10. The maximum absolute atomic E-state index is 14.3. The van der Waals surface area contributed by atoms with Crippen LogP contribution in [0.4, 0.5) is 44.1 Å². The number of fused-ring (bicyclic) bond motifs is 1. The highest BCUT2D eigenvalue weighted by Gasteiger charge is 2.40. The average Bonchev–Trinajstić information content (AvgIpc) is 1.63. The van der Waals surface area contributed by atoms with Crippen molar-refractivity contribution in [3.05, 3.63) is 142 Å². The Morgan fingerprint density at radius 3 is 2.18 bits per heavy atom. The van der Waals surface area contributed by atoms with Crippen molar-refractivity contribution in [1.29, 1.82) is 0 Å². The van der Waals surface area contributed by atoms with Crippen LogP contribution in [-0.2, 0) is 61.0 Å².